The third-order valence-corrected chi connectivity index (χ3v) is 8.25. The van der Waals surface area contributed by atoms with Crippen LogP contribution < -0.4 is 0 Å². The van der Waals surface area contributed by atoms with Gasteiger partial charge in [0, 0.05) is 12.3 Å². The average molecular weight is 379 g/mol. The number of benzene rings is 1. The second-order valence-electron chi connectivity index (χ2n) is 9.58. The number of ketones is 1. The summed E-state index contributed by atoms with van der Waals surface area (Å²) in [6.45, 7) is 2.37. The molecule has 2 fully saturated rings. The topological polar surface area (TPSA) is 57.5 Å². The van der Waals surface area contributed by atoms with Crippen molar-refractivity contribution < 1.29 is 15.0 Å². The van der Waals surface area contributed by atoms with E-state index in [-0.39, 0.29) is 23.9 Å². The summed E-state index contributed by atoms with van der Waals surface area (Å²) < 4.78 is 0. The first kappa shape index (κ1) is 18.3. The fourth-order valence-electron chi connectivity index (χ4n) is 6.79. The molecule has 0 aromatic heterocycles. The van der Waals surface area contributed by atoms with Crippen molar-refractivity contribution in [2.75, 3.05) is 0 Å². The van der Waals surface area contributed by atoms with Gasteiger partial charge in [-0.05, 0) is 84.1 Å². The van der Waals surface area contributed by atoms with Gasteiger partial charge < -0.3 is 10.2 Å². The predicted octanol–water partition coefficient (Wildman–Crippen LogP) is 4.44. The monoisotopic (exact) mass is 378 g/mol. The predicted molar refractivity (Wildman–Crippen MR) is 109 cm³/mol. The zero-order valence-electron chi connectivity index (χ0n) is 16.7. The molecule has 0 bridgehead atoms. The largest absolute Gasteiger partial charge is 0.393 e. The number of aliphatic hydroxyl groups excluding tert-OH is 2. The van der Waals surface area contributed by atoms with Crippen LogP contribution in [0.3, 0.4) is 0 Å². The molecule has 0 saturated heterocycles. The van der Waals surface area contributed by atoms with Crippen LogP contribution >= 0.6 is 0 Å². The maximum atomic E-state index is 12.0. The lowest BCUT2D eigenvalue weighted by molar-refractivity contribution is -0.114. The Bertz CT molecular complexity index is 862. The first-order valence-corrected chi connectivity index (χ1v) is 10.9. The summed E-state index contributed by atoms with van der Waals surface area (Å²) in [5.74, 6) is 1.66. The fourth-order valence-corrected chi connectivity index (χ4v) is 6.79. The Morgan fingerprint density at radius 1 is 1.07 bits per heavy atom. The quantitative estimate of drug-likeness (QED) is 0.800. The molecule has 1 aromatic rings. The van der Waals surface area contributed by atoms with E-state index in [4.69, 9.17) is 0 Å². The highest BCUT2D eigenvalue weighted by atomic mass is 16.3. The smallest absolute Gasteiger partial charge is 0.156 e. The second kappa shape index (κ2) is 6.67. The van der Waals surface area contributed by atoms with Crippen molar-refractivity contribution in [3.05, 3.63) is 58.2 Å². The highest BCUT2D eigenvalue weighted by Gasteiger charge is 2.56. The van der Waals surface area contributed by atoms with Crippen molar-refractivity contribution in [1.82, 2.24) is 0 Å². The van der Waals surface area contributed by atoms with Crippen LogP contribution in [0.2, 0.25) is 0 Å². The Balaban J connectivity index is 1.66. The molecule has 0 heterocycles. The average Bonchev–Trinajstić information content (AvgIpc) is 3.01. The Morgan fingerprint density at radius 3 is 2.61 bits per heavy atom. The molecule has 28 heavy (non-hydrogen) atoms. The minimum absolute atomic E-state index is 0.0270. The van der Waals surface area contributed by atoms with E-state index in [1.54, 1.807) is 5.57 Å². The summed E-state index contributed by atoms with van der Waals surface area (Å²) in [6.07, 6.45) is 8.34. The van der Waals surface area contributed by atoms with Gasteiger partial charge in [-0.25, -0.2) is 0 Å². The molecule has 4 aliphatic rings. The lowest BCUT2D eigenvalue weighted by Gasteiger charge is -2.52. The third kappa shape index (κ3) is 2.67. The minimum Gasteiger partial charge on any atom is -0.393 e. The van der Waals surface area contributed by atoms with Gasteiger partial charge in [-0.3, -0.25) is 4.79 Å². The maximum absolute atomic E-state index is 12.0. The SMILES string of the molecule is CC12CC(c3ccc(CO)cc3)C3=C4CCC(=O)C=C4CCC3C1CCC2O. The van der Waals surface area contributed by atoms with Crippen LogP contribution in [-0.2, 0) is 11.4 Å². The normalized spacial score (nSPS) is 37.2. The van der Waals surface area contributed by atoms with Gasteiger partial charge in [-0.1, -0.05) is 36.8 Å². The second-order valence-corrected chi connectivity index (χ2v) is 9.58. The van der Waals surface area contributed by atoms with Crippen molar-refractivity contribution in [2.45, 2.75) is 70.5 Å². The van der Waals surface area contributed by atoms with Gasteiger partial charge in [0.25, 0.3) is 0 Å². The van der Waals surface area contributed by atoms with Gasteiger partial charge in [0.1, 0.15) is 0 Å². The molecule has 5 rings (SSSR count). The van der Waals surface area contributed by atoms with E-state index >= 15 is 0 Å². The van der Waals surface area contributed by atoms with Gasteiger partial charge in [-0.2, -0.15) is 0 Å². The third-order valence-electron chi connectivity index (χ3n) is 8.25. The Labute approximate surface area is 167 Å². The standard InChI is InChI=1S/C25H30O3/c1-25-13-21(16-4-2-15(14-26)3-5-16)24-19-9-7-18(27)12-17(19)6-8-20(24)22(25)10-11-23(25)28/h2-5,12,20-23,26,28H,6-11,13-14H2,1H3. The van der Waals surface area contributed by atoms with Gasteiger partial charge in [0.15, 0.2) is 5.78 Å². The molecule has 0 radical (unpaired) electrons. The van der Waals surface area contributed by atoms with Crippen LogP contribution in [0.15, 0.2) is 47.1 Å². The van der Waals surface area contributed by atoms with E-state index in [1.165, 1.54) is 16.7 Å². The summed E-state index contributed by atoms with van der Waals surface area (Å²) in [5.41, 5.74) is 6.50. The molecule has 2 N–H and O–H groups in total. The van der Waals surface area contributed by atoms with Gasteiger partial charge in [-0.15, -0.1) is 0 Å². The van der Waals surface area contributed by atoms with Gasteiger partial charge in [0.05, 0.1) is 12.7 Å². The number of hydrogen-bond donors (Lipinski definition) is 2. The highest BCUT2D eigenvalue weighted by Crippen LogP contribution is 2.63. The van der Waals surface area contributed by atoms with E-state index in [2.05, 4.69) is 19.1 Å². The minimum atomic E-state index is -0.215. The molecule has 4 aliphatic carbocycles. The molecule has 0 aliphatic heterocycles. The van der Waals surface area contributed by atoms with Crippen LogP contribution in [0.5, 0.6) is 0 Å². The van der Waals surface area contributed by atoms with E-state index in [0.29, 0.717) is 24.2 Å². The highest BCUT2D eigenvalue weighted by molar-refractivity contribution is 5.93. The van der Waals surface area contributed by atoms with Crippen molar-refractivity contribution in [3.63, 3.8) is 0 Å². The summed E-state index contributed by atoms with van der Waals surface area (Å²) >= 11 is 0. The number of allylic oxidation sites excluding steroid dienone is 4. The van der Waals surface area contributed by atoms with Crippen LogP contribution in [0, 0.1) is 17.3 Å². The number of hydrogen-bond acceptors (Lipinski definition) is 3. The molecule has 2 saturated carbocycles. The molecule has 0 spiro atoms. The van der Waals surface area contributed by atoms with Crippen LogP contribution in [0.1, 0.15) is 68.9 Å². The van der Waals surface area contributed by atoms with Crippen LogP contribution in [0.4, 0.5) is 0 Å². The zero-order valence-corrected chi connectivity index (χ0v) is 16.7. The van der Waals surface area contributed by atoms with Crippen LogP contribution in [-0.4, -0.2) is 22.1 Å². The fraction of sp³-hybridized carbons (Fsp3) is 0.560. The molecule has 5 unspecified atom stereocenters. The molecule has 5 atom stereocenters. The van der Waals surface area contributed by atoms with Crippen LogP contribution in [0.25, 0.3) is 0 Å². The summed E-state index contributed by atoms with van der Waals surface area (Å²) in [4.78, 5) is 12.0. The van der Waals surface area contributed by atoms with Gasteiger partial charge in [0.2, 0.25) is 0 Å². The van der Waals surface area contributed by atoms with E-state index in [9.17, 15) is 15.0 Å². The Morgan fingerprint density at radius 2 is 1.86 bits per heavy atom. The molecular formula is C25H30O3. The maximum Gasteiger partial charge on any atom is 0.156 e. The molecule has 3 nitrogen and oxygen atoms in total. The number of carbonyl (C=O) groups is 1. The first-order chi connectivity index (χ1) is 13.5. The zero-order chi connectivity index (χ0) is 19.5. The summed E-state index contributed by atoms with van der Waals surface area (Å²) in [7, 11) is 0. The summed E-state index contributed by atoms with van der Waals surface area (Å²) in [6, 6.07) is 8.38. The van der Waals surface area contributed by atoms with Crippen molar-refractivity contribution in [1.29, 1.82) is 0 Å². The number of fused-ring (bicyclic) bond motifs is 4. The van der Waals surface area contributed by atoms with Crippen molar-refractivity contribution in [3.8, 4) is 0 Å². The summed E-state index contributed by atoms with van der Waals surface area (Å²) in [5, 5.41) is 20.3. The van der Waals surface area contributed by atoms with Crippen molar-refractivity contribution >= 4 is 5.78 Å². The van der Waals surface area contributed by atoms with E-state index < -0.39 is 0 Å². The molecule has 0 amide bonds. The van der Waals surface area contributed by atoms with E-state index in [0.717, 1.165) is 44.1 Å². The van der Waals surface area contributed by atoms with Crippen molar-refractivity contribution in [2.24, 2.45) is 17.3 Å². The molecule has 1 aromatic carbocycles. The molecule has 148 valence electrons. The molecular weight excluding hydrogens is 348 g/mol. The first-order valence-electron chi connectivity index (χ1n) is 10.9. The number of rotatable bonds is 2. The number of aliphatic hydroxyl groups is 2. The van der Waals surface area contributed by atoms with E-state index in [1.807, 2.05) is 18.2 Å². The molecule has 3 heteroatoms. The Hall–Kier alpha value is -1.71. The lowest BCUT2D eigenvalue weighted by Crippen LogP contribution is -2.45. The lowest BCUT2D eigenvalue weighted by atomic mass is 9.53. The number of carbonyl (C=O) groups excluding carboxylic acids is 1. The Kier molecular flexibility index (Phi) is 4.37. The van der Waals surface area contributed by atoms with Gasteiger partial charge >= 0.3 is 0 Å².